The average Bonchev–Trinajstić information content (AvgIpc) is 2.99. The molecule has 3 nitrogen and oxygen atoms in total. The van der Waals surface area contributed by atoms with Gasteiger partial charge >= 0.3 is 0 Å². The first-order valence-electron chi connectivity index (χ1n) is 7.83. The van der Waals surface area contributed by atoms with Crippen molar-refractivity contribution in [1.82, 2.24) is 5.32 Å². The fourth-order valence-electron chi connectivity index (χ4n) is 2.65. The number of fused-ring (bicyclic) bond motifs is 1. The minimum Gasteiger partial charge on any atom is -0.459 e. The van der Waals surface area contributed by atoms with Gasteiger partial charge in [-0.2, -0.15) is 0 Å². The third kappa shape index (κ3) is 3.00. The number of rotatable bonds is 4. The summed E-state index contributed by atoms with van der Waals surface area (Å²) in [6.45, 7) is 5.81. The van der Waals surface area contributed by atoms with Gasteiger partial charge < -0.3 is 9.73 Å². The maximum atomic E-state index is 12.7. The molecule has 3 heteroatoms. The third-order valence-electron chi connectivity index (χ3n) is 4.28. The molecule has 0 saturated carbocycles. The molecule has 1 N–H and O–H groups in total. The second kappa shape index (κ2) is 5.92. The van der Waals surface area contributed by atoms with Gasteiger partial charge in [0, 0.05) is 5.39 Å². The van der Waals surface area contributed by atoms with Crippen LogP contribution in [0, 0.1) is 0 Å². The molecular formula is C20H21NO2. The van der Waals surface area contributed by atoms with E-state index in [2.05, 4.69) is 5.32 Å². The molecule has 0 fully saturated rings. The number of para-hydroxylation sites is 1. The Hall–Kier alpha value is -2.55. The largest absolute Gasteiger partial charge is 0.459 e. The first kappa shape index (κ1) is 15.3. The summed E-state index contributed by atoms with van der Waals surface area (Å²) in [5, 5.41) is 4.11. The van der Waals surface area contributed by atoms with Crippen molar-refractivity contribution < 1.29 is 9.21 Å². The Kier molecular flexibility index (Phi) is 3.95. The molecule has 1 aromatic heterocycles. The van der Waals surface area contributed by atoms with Crippen molar-refractivity contribution in [1.29, 1.82) is 0 Å². The van der Waals surface area contributed by atoms with Crippen molar-refractivity contribution in [3.63, 3.8) is 0 Å². The predicted molar refractivity (Wildman–Crippen MR) is 92.2 cm³/mol. The second-order valence-electron chi connectivity index (χ2n) is 6.37. The summed E-state index contributed by atoms with van der Waals surface area (Å²) in [5.41, 5.74) is 1.24. The first-order chi connectivity index (χ1) is 11.0. The molecule has 0 radical (unpaired) electrons. The van der Waals surface area contributed by atoms with E-state index < -0.39 is 5.41 Å². The predicted octanol–water partition coefficient (Wildman–Crippen LogP) is 4.59. The summed E-state index contributed by atoms with van der Waals surface area (Å²) in [6.07, 6.45) is 0. The Morgan fingerprint density at radius 1 is 1.04 bits per heavy atom. The van der Waals surface area contributed by atoms with Gasteiger partial charge in [-0.15, -0.1) is 0 Å². The topological polar surface area (TPSA) is 42.2 Å². The molecule has 118 valence electrons. The van der Waals surface area contributed by atoms with E-state index in [0.717, 1.165) is 22.3 Å². The SMILES string of the molecule is CC(NC(=O)C(C)(C)c1ccccc1)c1cc2ccccc2o1. The number of hydrogen-bond donors (Lipinski definition) is 1. The van der Waals surface area contributed by atoms with Crippen molar-refractivity contribution >= 4 is 16.9 Å². The van der Waals surface area contributed by atoms with E-state index in [1.807, 2.05) is 81.4 Å². The molecule has 0 bridgehead atoms. The monoisotopic (exact) mass is 307 g/mol. The lowest BCUT2D eigenvalue weighted by molar-refractivity contribution is -0.126. The van der Waals surface area contributed by atoms with E-state index >= 15 is 0 Å². The maximum Gasteiger partial charge on any atom is 0.230 e. The van der Waals surface area contributed by atoms with E-state index in [9.17, 15) is 4.79 Å². The number of benzene rings is 2. The van der Waals surface area contributed by atoms with Crippen molar-refractivity contribution in [3.8, 4) is 0 Å². The molecule has 0 spiro atoms. The Labute approximate surface area is 136 Å². The lowest BCUT2D eigenvalue weighted by atomic mass is 9.83. The molecule has 0 saturated heterocycles. The Balaban J connectivity index is 1.79. The number of carbonyl (C=O) groups excluding carboxylic acids is 1. The minimum absolute atomic E-state index is 0.0170. The van der Waals surface area contributed by atoms with Crippen LogP contribution in [0.25, 0.3) is 11.0 Å². The van der Waals surface area contributed by atoms with Crippen LogP contribution in [-0.2, 0) is 10.2 Å². The van der Waals surface area contributed by atoms with E-state index in [1.165, 1.54) is 0 Å². The molecular weight excluding hydrogens is 286 g/mol. The van der Waals surface area contributed by atoms with Crippen molar-refractivity contribution in [2.45, 2.75) is 32.2 Å². The molecule has 1 atom stereocenters. The molecule has 0 aliphatic heterocycles. The standard InChI is InChI=1S/C20H21NO2/c1-14(18-13-15-9-7-8-12-17(15)23-18)21-19(22)20(2,3)16-10-5-4-6-11-16/h4-14H,1-3H3,(H,21,22). The smallest absolute Gasteiger partial charge is 0.230 e. The lowest BCUT2D eigenvalue weighted by Crippen LogP contribution is -2.41. The number of furan rings is 1. The summed E-state index contributed by atoms with van der Waals surface area (Å²) in [7, 11) is 0. The van der Waals surface area contributed by atoms with Gasteiger partial charge in [-0.05, 0) is 38.5 Å². The van der Waals surface area contributed by atoms with Crippen molar-refractivity contribution in [3.05, 3.63) is 72.0 Å². The van der Waals surface area contributed by atoms with Crippen LogP contribution in [0.5, 0.6) is 0 Å². The Bertz CT molecular complexity index is 785. The fraction of sp³-hybridized carbons (Fsp3) is 0.250. The van der Waals surface area contributed by atoms with E-state index in [4.69, 9.17) is 4.42 Å². The van der Waals surface area contributed by atoms with E-state index in [-0.39, 0.29) is 11.9 Å². The summed E-state index contributed by atoms with van der Waals surface area (Å²) in [6, 6.07) is 19.5. The summed E-state index contributed by atoms with van der Waals surface area (Å²) >= 11 is 0. The van der Waals surface area contributed by atoms with Gasteiger partial charge in [-0.25, -0.2) is 0 Å². The first-order valence-corrected chi connectivity index (χ1v) is 7.83. The highest BCUT2D eigenvalue weighted by molar-refractivity contribution is 5.87. The van der Waals surface area contributed by atoms with Crippen LogP contribution in [0.4, 0.5) is 0 Å². The average molecular weight is 307 g/mol. The molecule has 3 rings (SSSR count). The number of carbonyl (C=O) groups is 1. The van der Waals surface area contributed by atoms with Crippen LogP contribution in [0.2, 0.25) is 0 Å². The Morgan fingerprint density at radius 2 is 1.70 bits per heavy atom. The maximum absolute atomic E-state index is 12.7. The molecule has 1 amide bonds. The molecule has 1 unspecified atom stereocenters. The third-order valence-corrected chi connectivity index (χ3v) is 4.28. The van der Waals surface area contributed by atoms with Gasteiger partial charge in [0.25, 0.3) is 0 Å². The highest BCUT2D eigenvalue weighted by Gasteiger charge is 2.31. The number of hydrogen-bond acceptors (Lipinski definition) is 2. The van der Waals surface area contributed by atoms with Crippen LogP contribution in [0.3, 0.4) is 0 Å². The van der Waals surface area contributed by atoms with Gasteiger partial charge in [0.1, 0.15) is 11.3 Å². The number of nitrogens with one attached hydrogen (secondary N) is 1. The van der Waals surface area contributed by atoms with Crippen LogP contribution in [-0.4, -0.2) is 5.91 Å². The highest BCUT2D eigenvalue weighted by Crippen LogP contribution is 2.27. The molecule has 0 aliphatic rings. The number of amides is 1. The molecule has 23 heavy (non-hydrogen) atoms. The van der Waals surface area contributed by atoms with Crippen molar-refractivity contribution in [2.75, 3.05) is 0 Å². The van der Waals surface area contributed by atoms with Crippen LogP contribution >= 0.6 is 0 Å². The summed E-state index contributed by atoms with van der Waals surface area (Å²) < 4.78 is 5.83. The second-order valence-corrected chi connectivity index (χ2v) is 6.37. The normalized spacial score (nSPS) is 13.0. The van der Waals surface area contributed by atoms with Gasteiger partial charge in [0.2, 0.25) is 5.91 Å². The van der Waals surface area contributed by atoms with Gasteiger partial charge in [-0.3, -0.25) is 4.79 Å². The molecule has 1 heterocycles. The summed E-state index contributed by atoms with van der Waals surface area (Å²) in [5.74, 6) is 0.750. The quantitative estimate of drug-likeness (QED) is 0.766. The fourth-order valence-corrected chi connectivity index (χ4v) is 2.65. The zero-order valence-corrected chi connectivity index (χ0v) is 13.7. The van der Waals surface area contributed by atoms with E-state index in [1.54, 1.807) is 0 Å². The van der Waals surface area contributed by atoms with Crippen molar-refractivity contribution in [2.24, 2.45) is 0 Å². The zero-order chi connectivity index (χ0) is 16.4. The van der Waals surface area contributed by atoms with Crippen LogP contribution in [0.15, 0.2) is 65.1 Å². The summed E-state index contributed by atoms with van der Waals surface area (Å²) in [4.78, 5) is 12.7. The molecule has 3 aromatic rings. The van der Waals surface area contributed by atoms with E-state index in [0.29, 0.717) is 0 Å². The van der Waals surface area contributed by atoms with Gasteiger partial charge in [-0.1, -0.05) is 48.5 Å². The van der Waals surface area contributed by atoms with Crippen LogP contribution in [0.1, 0.15) is 38.1 Å². The van der Waals surface area contributed by atoms with Gasteiger partial charge in [0.15, 0.2) is 0 Å². The molecule has 0 aliphatic carbocycles. The van der Waals surface area contributed by atoms with Crippen LogP contribution < -0.4 is 5.32 Å². The highest BCUT2D eigenvalue weighted by atomic mass is 16.3. The van der Waals surface area contributed by atoms with Gasteiger partial charge in [0.05, 0.1) is 11.5 Å². The molecule has 2 aromatic carbocycles. The lowest BCUT2D eigenvalue weighted by Gasteiger charge is -2.26. The zero-order valence-electron chi connectivity index (χ0n) is 13.7. The Morgan fingerprint density at radius 3 is 2.39 bits per heavy atom. The minimum atomic E-state index is -0.596.